The van der Waals surface area contributed by atoms with Crippen molar-refractivity contribution in [3.05, 3.63) is 28.8 Å². The van der Waals surface area contributed by atoms with Crippen molar-refractivity contribution in [3.8, 4) is 0 Å². The summed E-state index contributed by atoms with van der Waals surface area (Å²) < 4.78 is 9.01. The van der Waals surface area contributed by atoms with E-state index in [4.69, 9.17) is 4.43 Å². The van der Waals surface area contributed by atoms with Gasteiger partial charge in [-0.3, -0.25) is 4.40 Å². The highest BCUT2D eigenvalue weighted by Gasteiger charge is 2.29. The van der Waals surface area contributed by atoms with Crippen LogP contribution in [0.25, 0.3) is 5.78 Å². The van der Waals surface area contributed by atoms with Gasteiger partial charge in [0.2, 0.25) is 5.78 Å². The molecule has 0 N–H and O–H groups in total. The Hall–Kier alpha value is -0.723. The van der Waals surface area contributed by atoms with Gasteiger partial charge >= 0.3 is 0 Å². The molecule has 0 aliphatic carbocycles. The molecule has 1 unspecified atom stereocenters. The number of hydrogen-bond donors (Lipinski definition) is 0. The van der Waals surface area contributed by atoms with Gasteiger partial charge in [-0.25, -0.2) is 9.97 Å². The first kappa shape index (κ1) is 14.7. The van der Waals surface area contributed by atoms with Crippen LogP contribution in [0.5, 0.6) is 0 Å². The van der Waals surface area contributed by atoms with Crippen molar-refractivity contribution in [2.75, 3.05) is 0 Å². The van der Waals surface area contributed by atoms with Gasteiger partial charge in [0.25, 0.3) is 0 Å². The van der Waals surface area contributed by atoms with Crippen LogP contribution in [0.1, 0.15) is 32.6 Å². The second kappa shape index (κ2) is 5.34. The number of hydrogen-bond acceptors (Lipinski definition) is 3. The van der Waals surface area contributed by atoms with Crippen molar-refractivity contribution in [3.63, 3.8) is 0 Å². The van der Waals surface area contributed by atoms with E-state index in [1.54, 1.807) is 6.20 Å². The van der Waals surface area contributed by atoms with Gasteiger partial charge in [-0.15, -0.1) is 0 Å². The van der Waals surface area contributed by atoms with Crippen LogP contribution < -0.4 is 0 Å². The average molecular weight is 342 g/mol. The lowest BCUT2D eigenvalue weighted by Gasteiger charge is -2.32. The molecule has 0 amide bonds. The van der Waals surface area contributed by atoms with E-state index in [1.807, 2.05) is 16.7 Å². The third-order valence-electron chi connectivity index (χ3n) is 2.82. The molecule has 0 saturated heterocycles. The van der Waals surface area contributed by atoms with Crippen molar-refractivity contribution in [1.82, 2.24) is 14.4 Å². The number of halogens is 1. The molecule has 0 fully saturated rings. The Morgan fingerprint density at radius 2 is 2.05 bits per heavy atom. The minimum atomic E-state index is -1.13. The molecule has 0 bridgehead atoms. The fraction of sp³-hybridized carbons (Fsp3) is 0.538. The van der Waals surface area contributed by atoms with E-state index in [1.165, 1.54) is 0 Å². The van der Waals surface area contributed by atoms with Crippen LogP contribution in [0.3, 0.4) is 0 Å². The summed E-state index contributed by atoms with van der Waals surface area (Å²) in [7, 11) is -1.13. The molecule has 6 heteroatoms. The van der Waals surface area contributed by atoms with Crippen LogP contribution in [0, 0.1) is 5.41 Å². The molecule has 0 aliphatic rings. The van der Waals surface area contributed by atoms with Crippen molar-refractivity contribution < 1.29 is 4.43 Å². The van der Waals surface area contributed by atoms with E-state index in [0.717, 1.165) is 10.3 Å². The van der Waals surface area contributed by atoms with Crippen LogP contribution >= 0.6 is 15.9 Å². The minimum Gasteiger partial charge on any atom is -0.412 e. The maximum absolute atomic E-state index is 6.18. The molecule has 0 aliphatic heterocycles. The topological polar surface area (TPSA) is 39.4 Å². The summed E-state index contributed by atoms with van der Waals surface area (Å²) in [6.45, 7) is 10.9. The van der Waals surface area contributed by atoms with Gasteiger partial charge in [-0.1, -0.05) is 20.8 Å². The Bertz CT molecular complexity index is 577. The standard InChI is InChI=1S/C13H20BrN3OSi/c1-13(2,3)11(18-19(4)5)9-6-7-17-10(14)8-15-12(17)16-9/h6-8,11,19H,1-5H3. The Morgan fingerprint density at radius 3 is 2.63 bits per heavy atom. The third kappa shape index (κ3) is 3.24. The quantitative estimate of drug-likeness (QED) is 0.801. The second-order valence-corrected chi connectivity index (χ2v) is 9.22. The molecule has 104 valence electrons. The monoisotopic (exact) mass is 341 g/mol. The Kier molecular flexibility index (Phi) is 4.13. The van der Waals surface area contributed by atoms with E-state index >= 15 is 0 Å². The molecule has 0 aromatic carbocycles. The molecule has 0 radical (unpaired) electrons. The van der Waals surface area contributed by atoms with Crippen molar-refractivity contribution in [1.29, 1.82) is 0 Å². The summed E-state index contributed by atoms with van der Waals surface area (Å²) in [5.74, 6) is 0.702. The first-order valence-electron chi connectivity index (χ1n) is 6.44. The SMILES string of the molecule is C[SiH](C)OC(c1ccn2c(Br)cnc2n1)C(C)(C)C. The van der Waals surface area contributed by atoms with Crippen molar-refractivity contribution >= 4 is 30.7 Å². The largest absolute Gasteiger partial charge is 0.412 e. The molecule has 0 saturated carbocycles. The van der Waals surface area contributed by atoms with Gasteiger partial charge in [-0.05, 0) is 40.5 Å². The molecule has 2 rings (SSSR count). The highest BCUT2D eigenvalue weighted by atomic mass is 79.9. The molecular weight excluding hydrogens is 322 g/mol. The van der Waals surface area contributed by atoms with Crippen LogP contribution in [-0.4, -0.2) is 23.4 Å². The maximum Gasteiger partial charge on any atom is 0.234 e. The predicted octanol–water partition coefficient (Wildman–Crippen LogP) is 3.58. The molecule has 0 spiro atoms. The number of fused-ring (bicyclic) bond motifs is 1. The van der Waals surface area contributed by atoms with E-state index < -0.39 is 9.04 Å². The van der Waals surface area contributed by atoms with Crippen LogP contribution in [0.4, 0.5) is 0 Å². The molecular formula is C13H20BrN3OSi. The number of imidazole rings is 1. The van der Waals surface area contributed by atoms with Crippen LogP contribution in [0.2, 0.25) is 13.1 Å². The number of rotatable bonds is 3. The lowest BCUT2D eigenvalue weighted by Crippen LogP contribution is -2.26. The van der Waals surface area contributed by atoms with E-state index in [0.29, 0.717) is 5.78 Å². The molecule has 4 nitrogen and oxygen atoms in total. The van der Waals surface area contributed by atoms with E-state index in [-0.39, 0.29) is 11.5 Å². The minimum absolute atomic E-state index is 0.0136. The Morgan fingerprint density at radius 1 is 1.37 bits per heavy atom. The van der Waals surface area contributed by atoms with Gasteiger partial charge in [0.15, 0.2) is 9.04 Å². The van der Waals surface area contributed by atoms with Gasteiger partial charge in [-0.2, -0.15) is 0 Å². The highest BCUT2D eigenvalue weighted by Crippen LogP contribution is 2.35. The molecule has 1 atom stereocenters. The second-order valence-electron chi connectivity index (χ2n) is 6.03. The van der Waals surface area contributed by atoms with Crippen molar-refractivity contribution in [2.45, 2.75) is 40.0 Å². The predicted molar refractivity (Wildman–Crippen MR) is 82.8 cm³/mol. The fourth-order valence-corrected chi connectivity index (χ4v) is 3.46. The first-order valence-corrected chi connectivity index (χ1v) is 10.0. The zero-order valence-corrected chi connectivity index (χ0v) is 14.8. The summed E-state index contributed by atoms with van der Waals surface area (Å²) in [5, 5.41) is 0. The Labute approximate surface area is 124 Å². The Balaban J connectivity index is 2.44. The van der Waals surface area contributed by atoms with Gasteiger partial charge in [0, 0.05) is 6.20 Å². The molecule has 2 aromatic heterocycles. The highest BCUT2D eigenvalue weighted by molar-refractivity contribution is 9.10. The smallest absolute Gasteiger partial charge is 0.234 e. The number of nitrogens with zero attached hydrogens (tertiary/aromatic N) is 3. The summed E-state index contributed by atoms with van der Waals surface area (Å²) in [5.41, 5.74) is 0.978. The van der Waals surface area contributed by atoms with E-state index in [9.17, 15) is 0 Å². The zero-order chi connectivity index (χ0) is 14.2. The van der Waals surface area contributed by atoms with Crippen LogP contribution in [0.15, 0.2) is 23.1 Å². The molecule has 2 heterocycles. The summed E-state index contributed by atoms with van der Waals surface area (Å²) in [6, 6.07) is 2.02. The van der Waals surface area contributed by atoms with Crippen LogP contribution in [-0.2, 0) is 4.43 Å². The maximum atomic E-state index is 6.18. The third-order valence-corrected chi connectivity index (χ3v) is 4.22. The zero-order valence-electron chi connectivity index (χ0n) is 12.0. The van der Waals surface area contributed by atoms with Gasteiger partial charge < -0.3 is 4.43 Å². The lowest BCUT2D eigenvalue weighted by molar-refractivity contribution is 0.0828. The van der Waals surface area contributed by atoms with Gasteiger partial charge in [0.05, 0.1) is 18.0 Å². The summed E-state index contributed by atoms with van der Waals surface area (Å²) >= 11 is 3.44. The summed E-state index contributed by atoms with van der Waals surface area (Å²) in [6.07, 6.45) is 3.76. The fourth-order valence-electron chi connectivity index (χ4n) is 1.99. The normalized spacial score (nSPS) is 14.3. The van der Waals surface area contributed by atoms with E-state index in [2.05, 4.69) is 59.8 Å². The lowest BCUT2D eigenvalue weighted by atomic mass is 9.87. The average Bonchev–Trinajstić information content (AvgIpc) is 2.66. The van der Waals surface area contributed by atoms with Gasteiger partial charge in [0.1, 0.15) is 4.60 Å². The summed E-state index contributed by atoms with van der Waals surface area (Å²) in [4.78, 5) is 8.92. The number of aromatic nitrogens is 3. The van der Waals surface area contributed by atoms with Crippen molar-refractivity contribution in [2.24, 2.45) is 5.41 Å². The molecule has 19 heavy (non-hydrogen) atoms. The molecule has 2 aromatic rings. The first-order chi connectivity index (χ1) is 8.79.